The highest BCUT2D eigenvalue weighted by atomic mass is 16.5. The normalized spacial score (nSPS) is 16.3. The fourth-order valence-corrected chi connectivity index (χ4v) is 4.25. The molecule has 0 heterocycles. The van der Waals surface area contributed by atoms with Crippen LogP contribution >= 0.6 is 0 Å². The van der Waals surface area contributed by atoms with Gasteiger partial charge in [-0.1, -0.05) is 97.1 Å². The molecule has 0 unspecified atom stereocenters. The lowest BCUT2D eigenvalue weighted by Gasteiger charge is -2.39. The van der Waals surface area contributed by atoms with Crippen LogP contribution in [0.4, 0.5) is 0 Å². The van der Waals surface area contributed by atoms with Crippen LogP contribution in [0.25, 0.3) is 0 Å². The van der Waals surface area contributed by atoms with Gasteiger partial charge in [-0.2, -0.15) is 0 Å². The fourth-order valence-electron chi connectivity index (χ4n) is 4.25. The van der Waals surface area contributed by atoms with Gasteiger partial charge in [-0.05, 0) is 29.5 Å². The Morgan fingerprint density at radius 1 is 0.828 bits per heavy atom. The molecule has 1 atom stereocenters. The van der Waals surface area contributed by atoms with Crippen molar-refractivity contribution in [2.75, 3.05) is 7.11 Å². The summed E-state index contributed by atoms with van der Waals surface area (Å²) < 4.78 is 4.93. The standard InChI is InChI=1S/C26H25NO2/c1-29-25(28)20-17-18-24(19-20)27-26(21-11-5-2-6-12-21,22-13-7-3-8-14-22)23-15-9-4-10-16-23/h2-17,24,27H,18-19H2,1H3/t24-/m0/s1. The summed E-state index contributed by atoms with van der Waals surface area (Å²) in [6.07, 6.45) is 3.44. The average molecular weight is 383 g/mol. The zero-order chi connectivity index (χ0) is 20.1. The Bertz CT molecular complexity index is 884. The molecule has 1 aliphatic carbocycles. The van der Waals surface area contributed by atoms with E-state index >= 15 is 0 Å². The first-order valence-electron chi connectivity index (χ1n) is 9.95. The Hall–Kier alpha value is -3.17. The molecule has 0 saturated carbocycles. The molecule has 3 aromatic rings. The van der Waals surface area contributed by atoms with E-state index in [0.29, 0.717) is 6.42 Å². The highest BCUT2D eigenvalue weighted by molar-refractivity contribution is 5.89. The average Bonchev–Trinajstić information content (AvgIpc) is 3.27. The molecule has 0 bridgehead atoms. The van der Waals surface area contributed by atoms with E-state index in [0.717, 1.165) is 12.0 Å². The van der Waals surface area contributed by atoms with E-state index in [1.54, 1.807) is 0 Å². The first-order valence-corrected chi connectivity index (χ1v) is 9.95. The lowest BCUT2D eigenvalue weighted by atomic mass is 9.76. The smallest absolute Gasteiger partial charge is 0.333 e. The van der Waals surface area contributed by atoms with E-state index in [1.807, 2.05) is 24.3 Å². The minimum atomic E-state index is -0.520. The number of carbonyl (C=O) groups excluding carboxylic acids is 1. The summed E-state index contributed by atoms with van der Waals surface area (Å²) in [6.45, 7) is 0. The Labute approximate surface area is 172 Å². The molecular formula is C26H25NO2. The fraction of sp³-hybridized carbons (Fsp3) is 0.192. The van der Waals surface area contributed by atoms with E-state index in [2.05, 4.69) is 78.1 Å². The Kier molecular flexibility index (Phi) is 5.59. The van der Waals surface area contributed by atoms with Gasteiger partial charge in [0.15, 0.2) is 0 Å². The van der Waals surface area contributed by atoms with Crippen LogP contribution in [-0.2, 0) is 15.1 Å². The SMILES string of the molecule is COC(=O)C1=CC[C@H](NC(c2ccccc2)(c2ccccc2)c2ccccc2)C1. The van der Waals surface area contributed by atoms with Gasteiger partial charge in [-0.3, -0.25) is 5.32 Å². The number of hydrogen-bond acceptors (Lipinski definition) is 3. The number of hydrogen-bond donors (Lipinski definition) is 1. The largest absolute Gasteiger partial charge is 0.466 e. The maximum atomic E-state index is 12.0. The minimum Gasteiger partial charge on any atom is -0.466 e. The van der Waals surface area contributed by atoms with Gasteiger partial charge in [-0.25, -0.2) is 4.79 Å². The summed E-state index contributed by atoms with van der Waals surface area (Å²) in [5.41, 5.74) is 3.73. The number of benzene rings is 3. The third-order valence-electron chi connectivity index (χ3n) is 5.60. The summed E-state index contributed by atoms with van der Waals surface area (Å²) in [5, 5.41) is 3.93. The quantitative estimate of drug-likeness (QED) is 0.489. The Morgan fingerprint density at radius 3 is 1.69 bits per heavy atom. The Balaban J connectivity index is 1.82. The highest BCUT2D eigenvalue weighted by Gasteiger charge is 2.39. The molecular weight excluding hydrogens is 358 g/mol. The molecule has 0 spiro atoms. The van der Waals surface area contributed by atoms with Crippen molar-refractivity contribution in [3.8, 4) is 0 Å². The van der Waals surface area contributed by atoms with Crippen LogP contribution in [0.1, 0.15) is 29.5 Å². The zero-order valence-electron chi connectivity index (χ0n) is 16.5. The maximum absolute atomic E-state index is 12.0. The third-order valence-corrected chi connectivity index (χ3v) is 5.60. The molecule has 4 rings (SSSR count). The van der Waals surface area contributed by atoms with Crippen LogP contribution in [0.2, 0.25) is 0 Å². The van der Waals surface area contributed by atoms with E-state index in [-0.39, 0.29) is 12.0 Å². The van der Waals surface area contributed by atoms with Crippen molar-refractivity contribution < 1.29 is 9.53 Å². The predicted molar refractivity (Wildman–Crippen MR) is 115 cm³/mol. The third kappa shape index (κ3) is 3.74. The summed E-state index contributed by atoms with van der Waals surface area (Å²) in [7, 11) is 1.44. The van der Waals surface area contributed by atoms with Gasteiger partial charge < -0.3 is 4.74 Å². The molecule has 1 aliphatic rings. The Morgan fingerprint density at radius 2 is 1.28 bits per heavy atom. The molecule has 0 amide bonds. The van der Waals surface area contributed by atoms with Crippen molar-refractivity contribution in [3.63, 3.8) is 0 Å². The second-order valence-corrected chi connectivity index (χ2v) is 7.35. The molecule has 1 N–H and O–H groups in total. The summed E-state index contributed by atoms with van der Waals surface area (Å²) in [6, 6.07) is 31.7. The molecule has 0 fully saturated rings. The van der Waals surface area contributed by atoms with Gasteiger partial charge in [0.25, 0.3) is 0 Å². The number of ether oxygens (including phenoxy) is 1. The zero-order valence-corrected chi connectivity index (χ0v) is 16.5. The molecule has 0 saturated heterocycles. The molecule has 3 heteroatoms. The van der Waals surface area contributed by atoms with Crippen molar-refractivity contribution in [1.29, 1.82) is 0 Å². The van der Waals surface area contributed by atoms with Crippen LogP contribution in [0, 0.1) is 0 Å². The van der Waals surface area contributed by atoms with E-state index < -0.39 is 5.54 Å². The van der Waals surface area contributed by atoms with E-state index in [9.17, 15) is 4.79 Å². The van der Waals surface area contributed by atoms with Crippen molar-refractivity contribution in [2.45, 2.75) is 24.4 Å². The van der Waals surface area contributed by atoms with Crippen molar-refractivity contribution in [1.82, 2.24) is 5.32 Å². The predicted octanol–water partition coefficient (Wildman–Crippen LogP) is 4.83. The second-order valence-electron chi connectivity index (χ2n) is 7.35. The van der Waals surface area contributed by atoms with Gasteiger partial charge in [0.05, 0.1) is 12.6 Å². The molecule has 29 heavy (non-hydrogen) atoms. The van der Waals surface area contributed by atoms with Crippen LogP contribution in [-0.4, -0.2) is 19.1 Å². The summed E-state index contributed by atoms with van der Waals surface area (Å²) in [4.78, 5) is 12.0. The first-order chi connectivity index (χ1) is 14.2. The number of rotatable bonds is 6. The minimum absolute atomic E-state index is 0.129. The summed E-state index contributed by atoms with van der Waals surface area (Å²) >= 11 is 0. The van der Waals surface area contributed by atoms with Crippen LogP contribution in [0.3, 0.4) is 0 Å². The van der Waals surface area contributed by atoms with Gasteiger partial charge in [0.2, 0.25) is 0 Å². The molecule has 3 aromatic carbocycles. The van der Waals surface area contributed by atoms with Crippen LogP contribution < -0.4 is 5.32 Å². The number of carbonyl (C=O) groups is 1. The topological polar surface area (TPSA) is 38.3 Å². The second kappa shape index (κ2) is 8.46. The van der Waals surface area contributed by atoms with Crippen molar-refractivity contribution in [3.05, 3.63) is 119 Å². The number of esters is 1. The van der Waals surface area contributed by atoms with E-state index in [1.165, 1.54) is 23.8 Å². The van der Waals surface area contributed by atoms with Crippen molar-refractivity contribution >= 4 is 5.97 Å². The van der Waals surface area contributed by atoms with Crippen molar-refractivity contribution in [2.24, 2.45) is 0 Å². The van der Waals surface area contributed by atoms with Crippen LogP contribution in [0.15, 0.2) is 103 Å². The molecule has 0 radical (unpaired) electrons. The number of methoxy groups -OCH3 is 1. The van der Waals surface area contributed by atoms with Gasteiger partial charge in [-0.15, -0.1) is 0 Å². The van der Waals surface area contributed by atoms with Gasteiger partial charge in [0, 0.05) is 11.6 Å². The van der Waals surface area contributed by atoms with Gasteiger partial charge >= 0.3 is 5.97 Å². The molecule has 0 aliphatic heterocycles. The lowest BCUT2D eigenvalue weighted by Crippen LogP contribution is -2.49. The monoisotopic (exact) mass is 383 g/mol. The maximum Gasteiger partial charge on any atom is 0.333 e. The molecule has 146 valence electrons. The molecule has 3 nitrogen and oxygen atoms in total. The molecule has 0 aromatic heterocycles. The van der Waals surface area contributed by atoms with E-state index in [4.69, 9.17) is 4.74 Å². The summed E-state index contributed by atoms with van der Waals surface area (Å²) in [5.74, 6) is -0.237. The van der Waals surface area contributed by atoms with Crippen LogP contribution in [0.5, 0.6) is 0 Å². The lowest BCUT2D eigenvalue weighted by molar-refractivity contribution is -0.136. The highest BCUT2D eigenvalue weighted by Crippen LogP contribution is 2.38. The number of nitrogens with one attached hydrogen (secondary N) is 1. The first kappa shape index (κ1) is 19.2. The van der Waals surface area contributed by atoms with Gasteiger partial charge in [0.1, 0.15) is 0 Å².